The predicted molar refractivity (Wildman–Crippen MR) is 72.4 cm³/mol. The number of thioether (sulfide) groups is 1. The van der Waals surface area contributed by atoms with Crippen LogP contribution in [0.15, 0.2) is 46.1 Å². The maximum Gasteiger partial charge on any atom is 0.157 e. The average Bonchev–Trinajstić information content (AvgIpc) is 2.43. The molecule has 3 nitrogen and oxygen atoms in total. The highest BCUT2D eigenvalue weighted by Crippen LogP contribution is 2.43. The Labute approximate surface area is 110 Å². The third-order valence-electron chi connectivity index (χ3n) is 2.75. The first kappa shape index (κ1) is 11.3. The standard InChI is InChI=1S/C14H12O3S/c1-15-10-3-4-11-9(7-10)8-13-12(17-11)5-6-14(16-2)18-13/h3-8H,1-2H3. The lowest BCUT2D eigenvalue weighted by Crippen LogP contribution is -2.06. The molecule has 0 N–H and O–H groups in total. The highest BCUT2D eigenvalue weighted by atomic mass is 32.2. The molecule has 2 aliphatic heterocycles. The number of allylic oxidation sites excluding steroid dienone is 2. The highest BCUT2D eigenvalue weighted by molar-refractivity contribution is 8.07. The van der Waals surface area contributed by atoms with Crippen molar-refractivity contribution in [2.45, 2.75) is 0 Å². The van der Waals surface area contributed by atoms with Crippen LogP contribution < -0.4 is 9.47 Å². The molecule has 3 rings (SSSR count). The Bertz CT molecular complexity index is 585. The van der Waals surface area contributed by atoms with E-state index in [1.165, 1.54) is 0 Å². The first-order chi connectivity index (χ1) is 8.80. The summed E-state index contributed by atoms with van der Waals surface area (Å²) in [6.07, 6.45) is 5.92. The summed E-state index contributed by atoms with van der Waals surface area (Å²) >= 11 is 1.56. The quantitative estimate of drug-likeness (QED) is 0.812. The zero-order valence-corrected chi connectivity index (χ0v) is 10.9. The minimum Gasteiger partial charge on any atom is -0.497 e. The fourth-order valence-corrected chi connectivity index (χ4v) is 2.66. The third kappa shape index (κ3) is 1.88. The van der Waals surface area contributed by atoms with E-state index in [0.717, 1.165) is 32.8 Å². The molecule has 0 aliphatic carbocycles. The van der Waals surface area contributed by atoms with Gasteiger partial charge in [-0.15, -0.1) is 0 Å². The van der Waals surface area contributed by atoms with Crippen molar-refractivity contribution in [3.05, 3.63) is 51.7 Å². The van der Waals surface area contributed by atoms with Crippen LogP contribution in [0, 0.1) is 0 Å². The van der Waals surface area contributed by atoms with Gasteiger partial charge in [0.05, 0.1) is 19.1 Å². The van der Waals surface area contributed by atoms with E-state index in [2.05, 4.69) is 6.08 Å². The number of hydrogen-bond acceptors (Lipinski definition) is 4. The Hall–Kier alpha value is -1.81. The molecule has 0 aromatic heterocycles. The van der Waals surface area contributed by atoms with Crippen molar-refractivity contribution in [2.75, 3.05) is 14.2 Å². The summed E-state index contributed by atoms with van der Waals surface area (Å²) in [5, 5.41) is 0.861. The van der Waals surface area contributed by atoms with Crippen LogP contribution in [-0.2, 0) is 4.74 Å². The van der Waals surface area contributed by atoms with Gasteiger partial charge in [-0.3, -0.25) is 0 Å². The molecule has 0 saturated heterocycles. The number of fused-ring (bicyclic) bond motifs is 2. The van der Waals surface area contributed by atoms with Crippen molar-refractivity contribution in [1.82, 2.24) is 0 Å². The molecule has 0 atom stereocenters. The fraction of sp³-hybridized carbons (Fsp3) is 0.143. The van der Waals surface area contributed by atoms with Crippen LogP contribution >= 0.6 is 11.8 Å². The monoisotopic (exact) mass is 260 g/mol. The topological polar surface area (TPSA) is 27.7 Å². The largest absolute Gasteiger partial charge is 0.497 e. The molecule has 4 heteroatoms. The second-order valence-corrected chi connectivity index (χ2v) is 4.88. The van der Waals surface area contributed by atoms with E-state index in [0.29, 0.717) is 0 Å². The maximum atomic E-state index is 5.84. The van der Waals surface area contributed by atoms with Crippen molar-refractivity contribution in [3.8, 4) is 11.5 Å². The SMILES string of the molecule is COC1=CC=C2Oc3ccc(OC)cc3C=C2S1. The van der Waals surface area contributed by atoms with E-state index in [-0.39, 0.29) is 0 Å². The molecule has 0 saturated carbocycles. The zero-order chi connectivity index (χ0) is 12.5. The molecular weight excluding hydrogens is 248 g/mol. The molecule has 0 amide bonds. The molecule has 1 aromatic carbocycles. The van der Waals surface area contributed by atoms with Crippen LogP contribution in [0.4, 0.5) is 0 Å². The van der Waals surface area contributed by atoms with E-state index < -0.39 is 0 Å². The highest BCUT2D eigenvalue weighted by Gasteiger charge is 2.21. The van der Waals surface area contributed by atoms with E-state index in [4.69, 9.17) is 14.2 Å². The van der Waals surface area contributed by atoms with Gasteiger partial charge in [0.1, 0.15) is 17.3 Å². The molecule has 2 aliphatic rings. The van der Waals surface area contributed by atoms with Gasteiger partial charge in [-0.05, 0) is 48.2 Å². The minimum atomic E-state index is 0.824. The number of methoxy groups -OCH3 is 2. The third-order valence-corrected chi connectivity index (χ3v) is 3.79. The van der Waals surface area contributed by atoms with Crippen molar-refractivity contribution >= 4 is 17.8 Å². The first-order valence-corrected chi connectivity index (χ1v) is 6.33. The Morgan fingerprint density at radius 1 is 1.11 bits per heavy atom. The number of rotatable bonds is 2. The van der Waals surface area contributed by atoms with Gasteiger partial charge in [0.15, 0.2) is 5.09 Å². The van der Waals surface area contributed by atoms with E-state index in [9.17, 15) is 0 Å². The first-order valence-electron chi connectivity index (χ1n) is 5.52. The predicted octanol–water partition coefficient (Wildman–Crippen LogP) is 3.55. The van der Waals surface area contributed by atoms with Gasteiger partial charge in [-0.2, -0.15) is 0 Å². The molecule has 0 bridgehead atoms. The zero-order valence-electron chi connectivity index (χ0n) is 10.1. The van der Waals surface area contributed by atoms with Crippen LogP contribution in [0.5, 0.6) is 11.5 Å². The smallest absolute Gasteiger partial charge is 0.157 e. The molecule has 0 radical (unpaired) electrons. The van der Waals surface area contributed by atoms with Gasteiger partial charge in [0.25, 0.3) is 0 Å². The Morgan fingerprint density at radius 3 is 2.78 bits per heavy atom. The summed E-state index contributed by atoms with van der Waals surface area (Å²) in [5.41, 5.74) is 1.02. The molecule has 0 spiro atoms. The van der Waals surface area contributed by atoms with E-state index in [1.807, 2.05) is 30.4 Å². The van der Waals surface area contributed by atoms with Gasteiger partial charge in [-0.1, -0.05) is 0 Å². The van der Waals surface area contributed by atoms with Gasteiger partial charge in [0.2, 0.25) is 0 Å². The Balaban J connectivity index is 2.01. The van der Waals surface area contributed by atoms with Crippen LogP contribution in [0.3, 0.4) is 0 Å². The lowest BCUT2D eigenvalue weighted by Gasteiger charge is -2.23. The van der Waals surface area contributed by atoms with E-state index >= 15 is 0 Å². The summed E-state index contributed by atoms with van der Waals surface area (Å²) in [6, 6.07) is 5.78. The number of hydrogen-bond donors (Lipinski definition) is 0. The second kappa shape index (κ2) is 4.46. The minimum absolute atomic E-state index is 0.824. The van der Waals surface area contributed by atoms with Crippen molar-refractivity contribution < 1.29 is 14.2 Å². The van der Waals surface area contributed by atoms with Crippen LogP contribution in [-0.4, -0.2) is 14.2 Å². The summed E-state index contributed by atoms with van der Waals surface area (Å²) in [4.78, 5) is 1.05. The molecule has 0 fully saturated rings. The molecule has 1 aromatic rings. The fourth-order valence-electron chi connectivity index (χ4n) is 1.83. The van der Waals surface area contributed by atoms with Crippen molar-refractivity contribution in [1.29, 1.82) is 0 Å². The van der Waals surface area contributed by atoms with Crippen molar-refractivity contribution in [3.63, 3.8) is 0 Å². The number of ether oxygens (including phenoxy) is 3. The Morgan fingerprint density at radius 2 is 2.00 bits per heavy atom. The van der Waals surface area contributed by atoms with E-state index in [1.54, 1.807) is 26.0 Å². The van der Waals surface area contributed by atoms with Gasteiger partial charge >= 0.3 is 0 Å². The van der Waals surface area contributed by atoms with Gasteiger partial charge in [0, 0.05) is 5.56 Å². The summed E-state index contributed by atoms with van der Waals surface area (Å²) < 4.78 is 16.3. The molecule has 92 valence electrons. The van der Waals surface area contributed by atoms with Crippen LogP contribution in [0.1, 0.15) is 5.56 Å². The van der Waals surface area contributed by atoms with Gasteiger partial charge < -0.3 is 14.2 Å². The van der Waals surface area contributed by atoms with Gasteiger partial charge in [-0.25, -0.2) is 0 Å². The number of benzene rings is 1. The lowest BCUT2D eigenvalue weighted by atomic mass is 10.1. The molecule has 2 heterocycles. The summed E-state index contributed by atoms with van der Waals surface area (Å²) in [5.74, 6) is 2.53. The lowest BCUT2D eigenvalue weighted by molar-refractivity contribution is 0.324. The summed E-state index contributed by atoms with van der Waals surface area (Å²) in [7, 11) is 3.32. The normalized spacial score (nSPS) is 16.4. The van der Waals surface area contributed by atoms with Crippen LogP contribution in [0.2, 0.25) is 0 Å². The van der Waals surface area contributed by atoms with Crippen molar-refractivity contribution in [2.24, 2.45) is 0 Å². The molecular formula is C14H12O3S. The molecule has 0 unspecified atom stereocenters. The molecule has 18 heavy (non-hydrogen) atoms. The summed E-state index contributed by atoms with van der Waals surface area (Å²) in [6.45, 7) is 0. The maximum absolute atomic E-state index is 5.84. The Kier molecular flexibility index (Phi) is 2.80. The second-order valence-electron chi connectivity index (χ2n) is 3.84. The van der Waals surface area contributed by atoms with Crippen LogP contribution in [0.25, 0.3) is 6.08 Å². The average molecular weight is 260 g/mol.